The van der Waals surface area contributed by atoms with Crippen molar-refractivity contribution in [1.82, 2.24) is 14.5 Å². The molecule has 9 heteroatoms. The van der Waals surface area contributed by atoms with E-state index in [-0.39, 0.29) is 5.82 Å². The third-order valence-electron chi connectivity index (χ3n) is 3.70. The summed E-state index contributed by atoms with van der Waals surface area (Å²) in [5.41, 5.74) is 4.17. The molecule has 1 aliphatic rings. The van der Waals surface area contributed by atoms with Crippen molar-refractivity contribution >= 4 is 28.5 Å². The zero-order valence-electron chi connectivity index (χ0n) is 11.2. The van der Waals surface area contributed by atoms with E-state index in [1.54, 1.807) is 12.3 Å². The van der Waals surface area contributed by atoms with E-state index >= 15 is 0 Å². The predicted molar refractivity (Wildman–Crippen MR) is 77.5 cm³/mol. The minimum Gasteiger partial charge on any atom is -0.394 e. The maximum Gasteiger partial charge on any atom is 0.200 e. The monoisotopic (exact) mass is 324 g/mol. The largest absolute Gasteiger partial charge is 0.394 e. The van der Waals surface area contributed by atoms with Gasteiger partial charge >= 0.3 is 0 Å². The van der Waals surface area contributed by atoms with Crippen LogP contribution in [0, 0.1) is 11.3 Å². The lowest BCUT2D eigenvalue weighted by atomic mass is 9.95. The van der Waals surface area contributed by atoms with Gasteiger partial charge in [0.2, 0.25) is 5.60 Å². The molecule has 0 radical (unpaired) electrons. The number of aliphatic hydroxyl groups is 3. The average Bonchev–Trinajstić information content (AvgIpc) is 3.02. The van der Waals surface area contributed by atoms with E-state index in [1.807, 2.05) is 0 Å². The molecular formula is C13H13ClN4O4. The molecule has 0 saturated carbocycles. The molecule has 116 valence electrons. The Kier molecular flexibility index (Phi) is 3.68. The van der Waals surface area contributed by atoms with Crippen molar-refractivity contribution in [2.75, 3.05) is 12.3 Å². The maximum absolute atomic E-state index is 10.7. The second-order valence-electron chi connectivity index (χ2n) is 4.92. The summed E-state index contributed by atoms with van der Waals surface area (Å²) in [7, 11) is 0. The van der Waals surface area contributed by atoms with Crippen LogP contribution in [-0.2, 0) is 4.74 Å². The van der Waals surface area contributed by atoms with Gasteiger partial charge in [-0.25, -0.2) is 9.97 Å². The van der Waals surface area contributed by atoms with Crippen molar-refractivity contribution in [3.8, 4) is 11.3 Å². The van der Waals surface area contributed by atoms with E-state index in [4.69, 9.17) is 22.1 Å². The molecule has 1 saturated heterocycles. The molecule has 0 spiro atoms. The standard InChI is InChI=1S/C13H13ClN4O4/c14-3-2-13(21)9(20)8(5-19)22-12(13)18-4-1-7-10(15)16-6-17-11(7)18/h1,4,6,8-9,12,19-21H,5H2,(H2,15,16,17)/t8-,9-,12-,13-/m1/s1. The average molecular weight is 325 g/mol. The first-order valence-corrected chi connectivity index (χ1v) is 6.77. The number of nitrogens with zero attached hydrogens (tertiary/aromatic N) is 3. The van der Waals surface area contributed by atoms with Gasteiger partial charge in [-0.2, -0.15) is 0 Å². The molecule has 22 heavy (non-hydrogen) atoms. The molecule has 0 aromatic carbocycles. The second-order valence-corrected chi connectivity index (χ2v) is 5.11. The van der Waals surface area contributed by atoms with Crippen LogP contribution in [-0.4, -0.2) is 54.3 Å². The number of nitrogens with two attached hydrogens (primary N) is 1. The van der Waals surface area contributed by atoms with Gasteiger partial charge in [0.25, 0.3) is 0 Å². The summed E-state index contributed by atoms with van der Waals surface area (Å²) in [6, 6.07) is 1.65. The van der Waals surface area contributed by atoms with Crippen molar-refractivity contribution in [1.29, 1.82) is 0 Å². The number of aliphatic hydroxyl groups excluding tert-OH is 2. The lowest BCUT2D eigenvalue weighted by Gasteiger charge is -2.26. The van der Waals surface area contributed by atoms with Crippen LogP contribution in [0.3, 0.4) is 0 Å². The molecular weight excluding hydrogens is 312 g/mol. The molecule has 1 fully saturated rings. The Morgan fingerprint density at radius 3 is 2.95 bits per heavy atom. The highest BCUT2D eigenvalue weighted by molar-refractivity contribution is 6.30. The molecule has 0 amide bonds. The zero-order chi connectivity index (χ0) is 15.9. The quantitative estimate of drug-likeness (QED) is 0.532. The highest BCUT2D eigenvalue weighted by atomic mass is 35.5. The van der Waals surface area contributed by atoms with Gasteiger partial charge < -0.3 is 30.4 Å². The van der Waals surface area contributed by atoms with Crippen LogP contribution in [0.5, 0.6) is 0 Å². The highest BCUT2D eigenvalue weighted by Crippen LogP contribution is 2.40. The summed E-state index contributed by atoms with van der Waals surface area (Å²) in [6.07, 6.45) is -0.712. The van der Waals surface area contributed by atoms with Crippen molar-refractivity contribution in [2.45, 2.75) is 24.0 Å². The molecule has 2 aromatic rings. The van der Waals surface area contributed by atoms with Crippen LogP contribution in [0.2, 0.25) is 0 Å². The Bertz CT molecular complexity index is 770. The summed E-state index contributed by atoms with van der Waals surface area (Å²) in [5.74, 6) is 2.61. The fourth-order valence-corrected chi connectivity index (χ4v) is 2.74. The highest BCUT2D eigenvalue weighted by Gasteiger charge is 2.55. The number of ether oxygens (including phenoxy) is 1. The fraction of sp³-hybridized carbons (Fsp3) is 0.385. The second kappa shape index (κ2) is 5.39. The van der Waals surface area contributed by atoms with Crippen LogP contribution < -0.4 is 5.73 Å². The molecule has 0 unspecified atom stereocenters. The first kappa shape index (κ1) is 15.0. The third-order valence-corrected chi connectivity index (χ3v) is 3.80. The van der Waals surface area contributed by atoms with Gasteiger partial charge in [-0.1, -0.05) is 0 Å². The van der Waals surface area contributed by atoms with Gasteiger partial charge in [-0.05, 0) is 23.6 Å². The number of anilines is 1. The van der Waals surface area contributed by atoms with Crippen molar-refractivity contribution < 1.29 is 20.1 Å². The molecule has 2 aromatic heterocycles. The van der Waals surface area contributed by atoms with E-state index in [0.717, 1.165) is 0 Å². The number of aromatic nitrogens is 3. The fourth-order valence-electron chi connectivity index (χ4n) is 2.58. The Morgan fingerprint density at radius 1 is 1.50 bits per heavy atom. The number of rotatable bonds is 2. The number of halogens is 1. The first-order valence-electron chi connectivity index (χ1n) is 6.39. The summed E-state index contributed by atoms with van der Waals surface area (Å²) in [4.78, 5) is 7.98. The van der Waals surface area contributed by atoms with Crippen LogP contribution in [0.25, 0.3) is 11.0 Å². The Labute approximate surface area is 130 Å². The normalized spacial score (nSPS) is 31.2. The third kappa shape index (κ3) is 2.03. The van der Waals surface area contributed by atoms with Crippen LogP contribution in [0.1, 0.15) is 6.23 Å². The van der Waals surface area contributed by atoms with E-state index in [0.29, 0.717) is 11.0 Å². The number of nitrogen functional groups attached to an aromatic ring is 1. The van der Waals surface area contributed by atoms with Gasteiger partial charge in [0.15, 0.2) is 6.23 Å². The minimum atomic E-state index is -2.00. The van der Waals surface area contributed by atoms with Gasteiger partial charge in [0.1, 0.15) is 30.0 Å². The Balaban J connectivity index is 2.15. The molecule has 3 heterocycles. The van der Waals surface area contributed by atoms with Crippen molar-refractivity contribution in [2.24, 2.45) is 0 Å². The molecule has 0 aliphatic carbocycles. The summed E-state index contributed by atoms with van der Waals surface area (Å²) in [6.45, 7) is -0.486. The molecule has 4 atom stereocenters. The Morgan fingerprint density at radius 2 is 2.27 bits per heavy atom. The van der Waals surface area contributed by atoms with E-state index in [2.05, 4.69) is 21.3 Å². The zero-order valence-corrected chi connectivity index (χ0v) is 12.0. The van der Waals surface area contributed by atoms with E-state index in [9.17, 15) is 15.3 Å². The first-order chi connectivity index (χ1) is 10.5. The van der Waals surface area contributed by atoms with E-state index < -0.39 is 30.6 Å². The van der Waals surface area contributed by atoms with Crippen LogP contribution >= 0.6 is 11.6 Å². The molecule has 8 nitrogen and oxygen atoms in total. The minimum absolute atomic E-state index is 0.271. The van der Waals surface area contributed by atoms with Crippen LogP contribution in [0.15, 0.2) is 18.6 Å². The molecule has 3 rings (SSSR count). The van der Waals surface area contributed by atoms with Crippen molar-refractivity contribution in [3.05, 3.63) is 18.6 Å². The van der Waals surface area contributed by atoms with Crippen LogP contribution in [0.4, 0.5) is 5.82 Å². The number of hydrogen-bond acceptors (Lipinski definition) is 7. The smallest absolute Gasteiger partial charge is 0.200 e. The molecule has 5 N–H and O–H groups in total. The van der Waals surface area contributed by atoms with Gasteiger partial charge in [-0.15, -0.1) is 0 Å². The lowest BCUT2D eigenvalue weighted by molar-refractivity contribution is -0.0718. The number of fused-ring (bicyclic) bond motifs is 1. The number of hydrogen-bond donors (Lipinski definition) is 4. The summed E-state index contributed by atoms with van der Waals surface area (Å²) >= 11 is 5.39. The van der Waals surface area contributed by atoms with Gasteiger partial charge in [0.05, 0.1) is 12.0 Å². The SMILES string of the molecule is Nc1ncnc2c1ccn2[C@@H]1O[C@H](CO)[C@@H](O)[C@]1(O)C#CCl. The predicted octanol–water partition coefficient (Wildman–Crippen LogP) is -0.805. The summed E-state index contributed by atoms with van der Waals surface area (Å²) in [5, 5.41) is 32.7. The molecule has 0 bridgehead atoms. The Hall–Kier alpha value is -1.89. The van der Waals surface area contributed by atoms with Gasteiger partial charge in [-0.3, -0.25) is 0 Å². The maximum atomic E-state index is 10.7. The summed E-state index contributed by atoms with van der Waals surface area (Å²) < 4.78 is 7.00. The van der Waals surface area contributed by atoms with Gasteiger partial charge in [0, 0.05) is 11.6 Å². The van der Waals surface area contributed by atoms with E-state index in [1.165, 1.54) is 10.9 Å². The molecule has 1 aliphatic heterocycles. The topological polar surface area (TPSA) is 127 Å². The lowest BCUT2D eigenvalue weighted by Crippen LogP contribution is -2.45. The van der Waals surface area contributed by atoms with Crippen molar-refractivity contribution in [3.63, 3.8) is 0 Å².